The summed E-state index contributed by atoms with van der Waals surface area (Å²) in [7, 11) is -6.78. The maximum absolute atomic E-state index is 6.64. The van der Waals surface area contributed by atoms with Crippen molar-refractivity contribution in [3.8, 4) is 0 Å². The van der Waals surface area contributed by atoms with Gasteiger partial charge in [-0.1, -0.05) is 39.0 Å². The fraction of sp³-hybridized carbons (Fsp3) is 0.600. The van der Waals surface area contributed by atoms with E-state index in [4.69, 9.17) is 12.3 Å². The van der Waals surface area contributed by atoms with Gasteiger partial charge in [0.1, 0.15) is 0 Å². The minimum Gasteiger partial charge on any atom is -0.415 e. The van der Waals surface area contributed by atoms with E-state index in [9.17, 15) is 0 Å². The van der Waals surface area contributed by atoms with Crippen LogP contribution in [0.3, 0.4) is 0 Å². The Morgan fingerprint density at radius 2 is 0.857 bits per heavy atom. The molecule has 1 saturated heterocycles. The van der Waals surface area contributed by atoms with Gasteiger partial charge in [-0.15, -0.1) is 19.7 Å². The molecule has 6 heteroatoms. The molecule has 21 heavy (non-hydrogen) atoms. The van der Waals surface area contributed by atoms with Gasteiger partial charge in [0.15, 0.2) is 0 Å². The van der Waals surface area contributed by atoms with E-state index in [0.29, 0.717) is 0 Å². The van der Waals surface area contributed by atoms with Gasteiger partial charge in [0, 0.05) is 18.1 Å². The first-order valence-electron chi connectivity index (χ1n) is 7.92. The minimum atomic E-state index is -2.26. The Morgan fingerprint density at radius 3 is 1.00 bits per heavy atom. The summed E-state index contributed by atoms with van der Waals surface area (Å²) in [5, 5.41) is 0. The third-order valence-electron chi connectivity index (χ3n) is 4.10. The van der Waals surface area contributed by atoms with Crippen molar-refractivity contribution in [2.75, 3.05) is 0 Å². The highest BCUT2D eigenvalue weighted by Crippen LogP contribution is 2.41. The van der Waals surface area contributed by atoms with Crippen LogP contribution >= 0.6 is 0 Å². The molecule has 0 bridgehead atoms. The first-order valence-corrected chi connectivity index (χ1v) is 14.6. The second kappa shape index (κ2) is 7.85. The molecule has 0 radical (unpaired) electrons. The molecule has 0 N–H and O–H groups in total. The van der Waals surface area contributed by atoms with E-state index in [1.165, 1.54) is 0 Å². The number of hydrogen-bond acceptors (Lipinski definition) is 3. The van der Waals surface area contributed by atoms with Gasteiger partial charge >= 0.3 is 25.7 Å². The Hall–Kier alpha value is -0.249. The molecule has 0 aromatic heterocycles. The molecule has 0 amide bonds. The van der Waals surface area contributed by atoms with Gasteiger partial charge in [-0.2, -0.15) is 0 Å². The Morgan fingerprint density at radius 1 is 0.619 bits per heavy atom. The van der Waals surface area contributed by atoms with Crippen LogP contribution in [0.1, 0.15) is 20.8 Å². The van der Waals surface area contributed by atoms with E-state index in [2.05, 4.69) is 40.5 Å². The first-order chi connectivity index (χ1) is 9.99. The Balaban J connectivity index is 3.27. The summed E-state index contributed by atoms with van der Waals surface area (Å²) in [6.45, 7) is 18.3. The molecule has 1 fully saturated rings. The van der Waals surface area contributed by atoms with Crippen LogP contribution in [0.2, 0.25) is 36.3 Å². The van der Waals surface area contributed by atoms with Crippen LogP contribution in [0.25, 0.3) is 0 Å². The fourth-order valence-electron chi connectivity index (χ4n) is 2.86. The molecule has 0 spiro atoms. The van der Waals surface area contributed by atoms with E-state index >= 15 is 0 Å². The van der Waals surface area contributed by atoms with Crippen LogP contribution in [0.4, 0.5) is 0 Å². The summed E-state index contributed by atoms with van der Waals surface area (Å²) in [4.78, 5) is 0. The van der Waals surface area contributed by atoms with E-state index in [0.717, 1.165) is 36.3 Å². The van der Waals surface area contributed by atoms with Gasteiger partial charge in [0.05, 0.1) is 0 Å². The van der Waals surface area contributed by atoms with Gasteiger partial charge in [0.2, 0.25) is 0 Å². The Labute approximate surface area is 133 Å². The van der Waals surface area contributed by atoms with Crippen LogP contribution in [-0.2, 0) is 12.3 Å². The van der Waals surface area contributed by atoms with Crippen LogP contribution in [0.5, 0.6) is 0 Å². The molecular weight excluding hydrogens is 312 g/mol. The fourth-order valence-corrected chi connectivity index (χ4v) is 20.3. The lowest BCUT2D eigenvalue weighted by Crippen LogP contribution is -2.69. The maximum atomic E-state index is 6.64. The monoisotopic (exact) mass is 342 g/mol. The van der Waals surface area contributed by atoms with Gasteiger partial charge in [-0.25, -0.2) is 0 Å². The summed E-state index contributed by atoms with van der Waals surface area (Å²) >= 11 is 0. The zero-order chi connectivity index (χ0) is 16.0. The normalized spacial score (nSPS) is 36.1. The lowest BCUT2D eigenvalue weighted by atomic mass is 10.8. The van der Waals surface area contributed by atoms with Crippen LogP contribution < -0.4 is 0 Å². The average Bonchev–Trinajstić information content (AvgIpc) is 2.48. The standard InChI is InChI=1S/C15H30O3Si3/c1-7-13-19(10-4)16-20(11-5,14-8-2)18-21(12-6,17-19)15-9-3/h7-9H,1-3,10-15H2,4-6H3. The molecule has 1 aliphatic heterocycles. The van der Waals surface area contributed by atoms with Crippen LogP contribution in [0.15, 0.2) is 38.0 Å². The van der Waals surface area contributed by atoms with Gasteiger partial charge in [-0.05, 0) is 18.1 Å². The molecule has 3 nitrogen and oxygen atoms in total. The van der Waals surface area contributed by atoms with E-state index in [1.807, 2.05) is 18.2 Å². The minimum absolute atomic E-state index is 0.838. The smallest absolute Gasteiger partial charge is 0.324 e. The predicted molar refractivity (Wildman–Crippen MR) is 97.0 cm³/mol. The van der Waals surface area contributed by atoms with Crippen molar-refractivity contribution < 1.29 is 12.3 Å². The molecule has 0 saturated carbocycles. The summed E-state index contributed by atoms with van der Waals surface area (Å²) in [5.41, 5.74) is 0. The summed E-state index contributed by atoms with van der Waals surface area (Å²) < 4.78 is 19.9. The second-order valence-electron chi connectivity index (χ2n) is 5.58. The maximum Gasteiger partial charge on any atom is 0.324 e. The van der Waals surface area contributed by atoms with Crippen molar-refractivity contribution in [2.45, 2.75) is 57.0 Å². The summed E-state index contributed by atoms with van der Waals surface area (Å²) in [6, 6.07) is 5.35. The van der Waals surface area contributed by atoms with Crippen molar-refractivity contribution in [3.63, 3.8) is 0 Å². The van der Waals surface area contributed by atoms with Crippen LogP contribution in [-0.4, -0.2) is 25.7 Å². The highest BCUT2D eigenvalue weighted by atomic mass is 28.5. The molecule has 0 aromatic rings. The lowest BCUT2D eigenvalue weighted by molar-refractivity contribution is 0.216. The quantitative estimate of drug-likeness (QED) is 0.436. The van der Waals surface area contributed by atoms with Crippen molar-refractivity contribution in [1.82, 2.24) is 0 Å². The molecule has 0 aromatic carbocycles. The average molecular weight is 343 g/mol. The van der Waals surface area contributed by atoms with E-state index < -0.39 is 25.7 Å². The molecule has 0 unspecified atom stereocenters. The predicted octanol–water partition coefficient (Wildman–Crippen LogP) is 4.99. The van der Waals surface area contributed by atoms with Gasteiger partial charge < -0.3 is 12.3 Å². The van der Waals surface area contributed by atoms with Gasteiger partial charge in [-0.3, -0.25) is 0 Å². The summed E-state index contributed by atoms with van der Waals surface area (Å²) in [5.74, 6) is 0. The van der Waals surface area contributed by atoms with E-state index in [-0.39, 0.29) is 0 Å². The Kier molecular flexibility index (Phi) is 7.02. The highest BCUT2D eigenvalue weighted by Gasteiger charge is 2.59. The van der Waals surface area contributed by atoms with E-state index in [1.54, 1.807) is 0 Å². The zero-order valence-corrected chi connectivity index (χ0v) is 16.8. The molecule has 1 rings (SSSR count). The topological polar surface area (TPSA) is 27.7 Å². The van der Waals surface area contributed by atoms with Crippen molar-refractivity contribution in [3.05, 3.63) is 38.0 Å². The van der Waals surface area contributed by atoms with Crippen molar-refractivity contribution in [2.24, 2.45) is 0 Å². The second-order valence-corrected chi connectivity index (χ2v) is 16.8. The van der Waals surface area contributed by atoms with Crippen molar-refractivity contribution in [1.29, 1.82) is 0 Å². The SMILES string of the molecule is C=CC[Si]1(CC)O[Si](CC)(CC=C)O[Si](CC)(CC=C)O1. The number of rotatable bonds is 9. The van der Waals surface area contributed by atoms with Crippen LogP contribution in [0, 0.1) is 0 Å². The molecule has 1 heterocycles. The molecule has 0 atom stereocenters. The third kappa shape index (κ3) is 4.14. The molecule has 120 valence electrons. The first kappa shape index (κ1) is 18.8. The summed E-state index contributed by atoms with van der Waals surface area (Å²) in [6.07, 6.45) is 5.85. The number of hydrogen-bond donors (Lipinski definition) is 0. The molecule has 1 aliphatic rings. The highest BCUT2D eigenvalue weighted by molar-refractivity contribution is 6.95. The van der Waals surface area contributed by atoms with Gasteiger partial charge in [0.25, 0.3) is 0 Å². The molecular formula is C15H30O3Si3. The Bertz CT molecular complexity index is 321. The largest absolute Gasteiger partial charge is 0.415 e. The zero-order valence-electron chi connectivity index (χ0n) is 13.8. The molecule has 0 aliphatic carbocycles. The number of allylic oxidation sites excluding steroid dienone is 3. The lowest BCUT2D eigenvalue weighted by Gasteiger charge is -2.52. The van der Waals surface area contributed by atoms with Crippen molar-refractivity contribution >= 4 is 25.7 Å². The third-order valence-corrected chi connectivity index (χ3v) is 19.0.